The van der Waals surface area contributed by atoms with Crippen LogP contribution in [0.5, 0.6) is 0 Å². The molecule has 2 aliphatic heterocycles. The summed E-state index contributed by atoms with van der Waals surface area (Å²) in [6, 6.07) is 13.7. The SMILES string of the molecule is CN1CCN(C(=O)c2cc3cc(Cl)ccc3[nH]2)CC1.CN1CCN(C(=O)c2cc3cc(F)ccc3[nH]2)CC1. The van der Waals surface area contributed by atoms with Crippen LogP contribution in [0.3, 0.4) is 0 Å². The van der Waals surface area contributed by atoms with E-state index in [0.717, 1.165) is 74.2 Å². The Bertz CT molecular complexity index is 1340. The van der Waals surface area contributed by atoms with Crippen molar-refractivity contribution >= 4 is 45.2 Å². The van der Waals surface area contributed by atoms with Crippen LogP contribution >= 0.6 is 11.6 Å². The first-order valence-corrected chi connectivity index (χ1v) is 13.2. The summed E-state index contributed by atoms with van der Waals surface area (Å²) in [6.07, 6.45) is 0. The van der Waals surface area contributed by atoms with Crippen LogP contribution in [-0.4, -0.2) is 108 Å². The highest BCUT2D eigenvalue weighted by Gasteiger charge is 2.23. The van der Waals surface area contributed by atoms with Crippen molar-refractivity contribution in [3.8, 4) is 0 Å². The van der Waals surface area contributed by atoms with Crippen LogP contribution in [0.1, 0.15) is 21.0 Å². The molecule has 2 amide bonds. The third-order valence-corrected chi connectivity index (χ3v) is 7.44. The van der Waals surface area contributed by atoms with Crippen LogP contribution in [0.25, 0.3) is 21.8 Å². The van der Waals surface area contributed by atoms with E-state index in [1.165, 1.54) is 12.1 Å². The van der Waals surface area contributed by atoms with Crippen LogP contribution in [0.4, 0.5) is 4.39 Å². The smallest absolute Gasteiger partial charge is 0.270 e. The number of benzene rings is 2. The van der Waals surface area contributed by atoms with E-state index in [4.69, 9.17) is 11.6 Å². The van der Waals surface area contributed by atoms with Gasteiger partial charge in [-0.2, -0.15) is 0 Å². The van der Waals surface area contributed by atoms with Gasteiger partial charge in [-0.3, -0.25) is 9.59 Å². The van der Waals surface area contributed by atoms with Crippen LogP contribution in [0.15, 0.2) is 48.5 Å². The zero-order chi connectivity index (χ0) is 26.8. The lowest BCUT2D eigenvalue weighted by molar-refractivity contribution is 0.0652. The molecule has 0 spiro atoms. The summed E-state index contributed by atoms with van der Waals surface area (Å²) in [5.74, 6) is -0.227. The van der Waals surface area contributed by atoms with E-state index in [1.807, 2.05) is 41.1 Å². The van der Waals surface area contributed by atoms with Gasteiger partial charge in [0.25, 0.3) is 11.8 Å². The Balaban J connectivity index is 0.000000155. The highest BCUT2D eigenvalue weighted by molar-refractivity contribution is 6.31. The number of carbonyl (C=O) groups is 2. The molecule has 0 aliphatic carbocycles. The fourth-order valence-electron chi connectivity index (χ4n) is 4.80. The normalized spacial score (nSPS) is 17.1. The van der Waals surface area contributed by atoms with Crippen molar-refractivity contribution < 1.29 is 14.0 Å². The Hall–Kier alpha value is -3.40. The van der Waals surface area contributed by atoms with E-state index in [2.05, 4.69) is 26.8 Å². The molecule has 2 aromatic carbocycles. The number of halogens is 2. The minimum atomic E-state index is -0.287. The first-order valence-electron chi connectivity index (χ1n) is 12.8. The number of nitrogens with one attached hydrogen (secondary N) is 2. The van der Waals surface area contributed by atoms with E-state index >= 15 is 0 Å². The first-order chi connectivity index (χ1) is 18.3. The number of carbonyl (C=O) groups excluding carboxylic acids is 2. The van der Waals surface area contributed by atoms with Gasteiger partial charge in [0.2, 0.25) is 0 Å². The molecule has 2 aromatic heterocycles. The molecule has 2 fully saturated rings. The average molecular weight is 539 g/mol. The summed E-state index contributed by atoms with van der Waals surface area (Å²) in [7, 11) is 4.13. The van der Waals surface area contributed by atoms with E-state index in [1.54, 1.807) is 12.1 Å². The van der Waals surface area contributed by atoms with E-state index < -0.39 is 0 Å². The maximum Gasteiger partial charge on any atom is 0.270 e. The van der Waals surface area contributed by atoms with E-state index in [0.29, 0.717) is 16.4 Å². The lowest BCUT2D eigenvalue weighted by atomic mass is 10.2. The summed E-state index contributed by atoms with van der Waals surface area (Å²) in [6.45, 7) is 6.67. The molecule has 4 heterocycles. The number of piperazine rings is 2. The minimum absolute atomic E-state index is 0.00953. The van der Waals surface area contributed by atoms with Gasteiger partial charge in [0.05, 0.1) is 0 Å². The molecule has 10 heteroatoms. The molecule has 6 rings (SSSR count). The Labute approximate surface area is 225 Å². The summed E-state index contributed by atoms with van der Waals surface area (Å²) in [4.78, 5) is 39.1. The molecule has 0 radical (unpaired) electrons. The second-order valence-corrected chi connectivity index (χ2v) is 10.5. The Morgan fingerprint density at radius 3 is 1.63 bits per heavy atom. The predicted octanol–water partition coefficient (Wildman–Crippen LogP) is 3.90. The lowest BCUT2D eigenvalue weighted by Crippen LogP contribution is -2.47. The molecule has 8 nitrogen and oxygen atoms in total. The van der Waals surface area contributed by atoms with Gasteiger partial charge in [-0.1, -0.05) is 11.6 Å². The number of aromatic nitrogens is 2. The molecular formula is C28H32ClFN6O2. The summed E-state index contributed by atoms with van der Waals surface area (Å²) >= 11 is 5.96. The average Bonchev–Trinajstić information content (AvgIpc) is 3.53. The van der Waals surface area contributed by atoms with Crippen LogP contribution in [-0.2, 0) is 0 Å². The fraction of sp³-hybridized carbons (Fsp3) is 0.357. The van der Waals surface area contributed by atoms with Gasteiger partial charge in [0.15, 0.2) is 0 Å². The Morgan fingerprint density at radius 2 is 1.13 bits per heavy atom. The van der Waals surface area contributed by atoms with Crippen molar-refractivity contribution in [2.24, 2.45) is 0 Å². The number of likely N-dealkylation sites (N-methyl/N-ethyl adjacent to an activating group) is 2. The molecule has 200 valence electrons. The molecule has 0 bridgehead atoms. The van der Waals surface area contributed by atoms with Gasteiger partial charge < -0.3 is 29.6 Å². The van der Waals surface area contributed by atoms with Gasteiger partial charge in [-0.25, -0.2) is 4.39 Å². The van der Waals surface area contributed by atoms with Crippen molar-refractivity contribution in [1.82, 2.24) is 29.6 Å². The Kier molecular flexibility index (Phi) is 7.69. The van der Waals surface area contributed by atoms with Crippen molar-refractivity contribution in [2.45, 2.75) is 0 Å². The third-order valence-electron chi connectivity index (χ3n) is 7.21. The Morgan fingerprint density at radius 1 is 0.684 bits per heavy atom. The van der Waals surface area contributed by atoms with Gasteiger partial charge in [-0.05, 0) is 62.6 Å². The monoisotopic (exact) mass is 538 g/mol. The minimum Gasteiger partial charge on any atom is -0.351 e. The maximum absolute atomic E-state index is 13.1. The second-order valence-electron chi connectivity index (χ2n) is 10.0. The number of amides is 2. The molecular weight excluding hydrogens is 507 g/mol. The standard InChI is InChI=1S/C14H16ClN3O.C14H16FN3O/c2*1-17-4-6-18(7-5-17)14(19)13-9-10-8-11(15)2-3-12(10)16-13/h2*2-3,8-9,16H,4-7H2,1H3. The van der Waals surface area contributed by atoms with Gasteiger partial charge in [-0.15, -0.1) is 0 Å². The number of nitrogens with zero attached hydrogens (tertiary/aromatic N) is 4. The van der Waals surface area contributed by atoms with Gasteiger partial charge in [0.1, 0.15) is 17.2 Å². The molecule has 0 saturated carbocycles. The number of rotatable bonds is 2. The third kappa shape index (κ3) is 5.85. The highest BCUT2D eigenvalue weighted by atomic mass is 35.5. The number of hydrogen-bond acceptors (Lipinski definition) is 4. The highest BCUT2D eigenvalue weighted by Crippen LogP contribution is 2.21. The second kappa shape index (κ2) is 11.1. The quantitative estimate of drug-likeness (QED) is 0.406. The number of H-pyrrole nitrogens is 2. The van der Waals surface area contributed by atoms with E-state index in [-0.39, 0.29) is 17.6 Å². The number of hydrogen-bond donors (Lipinski definition) is 2. The molecule has 2 saturated heterocycles. The van der Waals surface area contributed by atoms with Crippen molar-refractivity contribution in [1.29, 1.82) is 0 Å². The zero-order valence-corrected chi connectivity index (χ0v) is 22.4. The first kappa shape index (κ1) is 26.2. The van der Waals surface area contributed by atoms with Crippen molar-refractivity contribution in [2.75, 3.05) is 66.5 Å². The predicted molar refractivity (Wildman–Crippen MR) is 148 cm³/mol. The summed E-state index contributed by atoms with van der Waals surface area (Å²) in [5, 5.41) is 2.40. The van der Waals surface area contributed by atoms with Crippen LogP contribution in [0.2, 0.25) is 5.02 Å². The fourth-order valence-corrected chi connectivity index (χ4v) is 4.98. The molecule has 2 aliphatic rings. The lowest BCUT2D eigenvalue weighted by Gasteiger charge is -2.32. The molecule has 38 heavy (non-hydrogen) atoms. The molecule has 0 unspecified atom stereocenters. The van der Waals surface area contributed by atoms with Crippen LogP contribution < -0.4 is 0 Å². The largest absolute Gasteiger partial charge is 0.351 e. The molecule has 0 atom stereocenters. The zero-order valence-electron chi connectivity index (χ0n) is 21.6. The topological polar surface area (TPSA) is 78.7 Å². The van der Waals surface area contributed by atoms with Crippen molar-refractivity contribution in [3.63, 3.8) is 0 Å². The summed E-state index contributed by atoms with van der Waals surface area (Å²) in [5.41, 5.74) is 2.91. The summed E-state index contributed by atoms with van der Waals surface area (Å²) < 4.78 is 13.1. The van der Waals surface area contributed by atoms with Gasteiger partial charge >= 0.3 is 0 Å². The molecule has 2 N–H and O–H groups in total. The maximum atomic E-state index is 13.1. The van der Waals surface area contributed by atoms with Gasteiger partial charge in [0, 0.05) is 79.2 Å². The molecule has 4 aromatic rings. The van der Waals surface area contributed by atoms with Crippen molar-refractivity contribution in [3.05, 3.63) is 70.8 Å². The van der Waals surface area contributed by atoms with Crippen LogP contribution in [0, 0.1) is 5.82 Å². The number of fused-ring (bicyclic) bond motifs is 2. The number of aromatic amines is 2. The van der Waals surface area contributed by atoms with E-state index in [9.17, 15) is 14.0 Å².